The van der Waals surface area contributed by atoms with E-state index in [-0.39, 0.29) is 11.6 Å². The number of fused-ring (bicyclic) bond motifs is 1. The second-order valence-electron chi connectivity index (χ2n) is 2.83. The number of benzene rings is 1. The van der Waals surface area contributed by atoms with Crippen LogP contribution in [-0.4, -0.2) is 22.2 Å². The molecule has 0 radical (unpaired) electrons. The van der Waals surface area contributed by atoms with Crippen LogP contribution in [0.3, 0.4) is 0 Å². The van der Waals surface area contributed by atoms with Crippen molar-refractivity contribution in [1.82, 2.24) is 10.2 Å². The highest BCUT2D eigenvalue weighted by Gasteiger charge is 2.20. The lowest BCUT2D eigenvalue weighted by molar-refractivity contribution is -0.390. The summed E-state index contributed by atoms with van der Waals surface area (Å²) in [5.41, 5.74) is 0.569. The lowest BCUT2D eigenvalue weighted by atomic mass is 10.2. The van der Waals surface area contributed by atoms with Gasteiger partial charge in [-0.25, -0.2) is 0 Å². The van der Waals surface area contributed by atoms with Gasteiger partial charge in [-0.15, -0.1) is 0 Å². The van der Waals surface area contributed by atoms with Gasteiger partial charge in [0.05, 0.1) is 17.6 Å². The lowest BCUT2D eigenvalue weighted by Crippen LogP contribution is -1.99. The molecule has 0 N–H and O–H groups in total. The molecule has 6 heteroatoms. The SMILES string of the molecule is COc1c([N+](=O)[O-])nnc2ccccc12. The maximum absolute atomic E-state index is 10.6. The van der Waals surface area contributed by atoms with Crippen molar-refractivity contribution >= 4 is 16.7 Å². The number of rotatable bonds is 2. The summed E-state index contributed by atoms with van der Waals surface area (Å²) in [6.07, 6.45) is 0. The number of hydrogen-bond donors (Lipinski definition) is 0. The molecule has 2 rings (SSSR count). The summed E-state index contributed by atoms with van der Waals surface area (Å²) >= 11 is 0. The Kier molecular flexibility index (Phi) is 2.17. The average molecular weight is 205 g/mol. The monoisotopic (exact) mass is 205 g/mol. The van der Waals surface area contributed by atoms with Crippen LogP contribution in [0.1, 0.15) is 0 Å². The standard InChI is InChI=1S/C9H7N3O3/c1-15-8-6-4-2-3-5-7(6)10-11-9(8)12(13)14/h2-5H,1H3. The van der Waals surface area contributed by atoms with E-state index in [1.807, 2.05) is 0 Å². The highest BCUT2D eigenvalue weighted by molar-refractivity contribution is 5.87. The first kappa shape index (κ1) is 9.32. The first-order valence-corrected chi connectivity index (χ1v) is 4.18. The van der Waals surface area contributed by atoms with Crippen molar-refractivity contribution in [2.45, 2.75) is 0 Å². The van der Waals surface area contributed by atoms with E-state index in [1.54, 1.807) is 24.3 Å². The molecule has 2 aromatic rings. The van der Waals surface area contributed by atoms with Gasteiger partial charge < -0.3 is 14.9 Å². The zero-order valence-corrected chi connectivity index (χ0v) is 7.88. The zero-order valence-electron chi connectivity index (χ0n) is 7.88. The molecule has 0 saturated carbocycles. The van der Waals surface area contributed by atoms with Gasteiger partial charge in [0.2, 0.25) is 5.75 Å². The summed E-state index contributed by atoms with van der Waals surface area (Å²) in [6, 6.07) is 6.96. The molecule has 0 unspecified atom stereocenters. The van der Waals surface area contributed by atoms with Crippen LogP contribution in [0.4, 0.5) is 5.82 Å². The number of nitro groups is 1. The molecule has 1 heterocycles. The smallest absolute Gasteiger partial charge is 0.433 e. The Hall–Kier alpha value is -2.24. The highest BCUT2D eigenvalue weighted by Crippen LogP contribution is 2.30. The molecule has 0 fully saturated rings. The van der Waals surface area contributed by atoms with Crippen LogP contribution in [0, 0.1) is 10.1 Å². The van der Waals surface area contributed by atoms with Crippen molar-refractivity contribution in [3.8, 4) is 5.75 Å². The minimum atomic E-state index is -0.613. The number of methoxy groups -OCH3 is 1. The largest absolute Gasteiger partial charge is 0.488 e. The van der Waals surface area contributed by atoms with Crippen LogP contribution in [0.2, 0.25) is 0 Å². The average Bonchev–Trinajstić information content (AvgIpc) is 2.27. The lowest BCUT2D eigenvalue weighted by Gasteiger charge is -2.02. The fraction of sp³-hybridized carbons (Fsp3) is 0.111. The van der Waals surface area contributed by atoms with E-state index in [9.17, 15) is 10.1 Å². The predicted molar refractivity (Wildman–Crippen MR) is 52.7 cm³/mol. The van der Waals surface area contributed by atoms with Crippen molar-refractivity contribution < 1.29 is 9.66 Å². The van der Waals surface area contributed by atoms with E-state index >= 15 is 0 Å². The Bertz CT molecular complexity index is 527. The molecule has 0 bridgehead atoms. The quantitative estimate of drug-likeness (QED) is 0.549. The topological polar surface area (TPSA) is 78.2 Å². The molecule has 0 amide bonds. The number of ether oxygens (including phenoxy) is 1. The summed E-state index contributed by atoms with van der Waals surface area (Å²) in [7, 11) is 1.37. The van der Waals surface area contributed by atoms with Crippen molar-refractivity contribution in [3.05, 3.63) is 34.4 Å². The van der Waals surface area contributed by atoms with Crippen molar-refractivity contribution in [3.63, 3.8) is 0 Å². The van der Waals surface area contributed by atoms with E-state index in [0.717, 1.165) is 0 Å². The van der Waals surface area contributed by atoms with Crippen LogP contribution >= 0.6 is 0 Å². The van der Waals surface area contributed by atoms with Crippen LogP contribution in [-0.2, 0) is 0 Å². The minimum Gasteiger partial charge on any atom is -0.488 e. The van der Waals surface area contributed by atoms with Gasteiger partial charge in [0.1, 0.15) is 5.52 Å². The third-order valence-corrected chi connectivity index (χ3v) is 1.98. The summed E-state index contributed by atoms with van der Waals surface area (Å²) in [4.78, 5) is 10.0. The molecule has 76 valence electrons. The molecule has 0 atom stereocenters. The Balaban J connectivity index is 2.81. The summed E-state index contributed by atoms with van der Waals surface area (Å²) in [5.74, 6) is -0.221. The Labute approximate surface area is 84.7 Å². The van der Waals surface area contributed by atoms with Crippen molar-refractivity contribution in [1.29, 1.82) is 0 Å². The van der Waals surface area contributed by atoms with E-state index in [2.05, 4.69) is 10.2 Å². The van der Waals surface area contributed by atoms with Gasteiger partial charge >= 0.3 is 5.82 Å². The maximum Gasteiger partial charge on any atom is 0.433 e. The third kappa shape index (κ3) is 1.45. The van der Waals surface area contributed by atoms with E-state index in [0.29, 0.717) is 10.9 Å². The van der Waals surface area contributed by atoms with Crippen molar-refractivity contribution in [2.75, 3.05) is 7.11 Å². The molecular weight excluding hydrogens is 198 g/mol. The van der Waals surface area contributed by atoms with Gasteiger partial charge in [0.15, 0.2) is 0 Å². The molecule has 1 aromatic heterocycles. The van der Waals surface area contributed by atoms with Crippen molar-refractivity contribution in [2.24, 2.45) is 0 Å². The number of nitrogens with zero attached hydrogens (tertiary/aromatic N) is 3. The molecular formula is C9H7N3O3. The second kappa shape index (κ2) is 3.49. The summed E-state index contributed by atoms with van der Waals surface area (Å²) in [5, 5.41) is 18.5. The maximum atomic E-state index is 10.6. The van der Waals surface area contributed by atoms with Gasteiger partial charge in [0.25, 0.3) is 0 Å². The predicted octanol–water partition coefficient (Wildman–Crippen LogP) is 1.55. The highest BCUT2D eigenvalue weighted by atomic mass is 16.6. The van der Waals surface area contributed by atoms with Gasteiger partial charge in [-0.2, -0.15) is 0 Å². The molecule has 6 nitrogen and oxygen atoms in total. The van der Waals surface area contributed by atoms with E-state index < -0.39 is 4.92 Å². The molecule has 0 aliphatic carbocycles. The fourth-order valence-electron chi connectivity index (χ4n) is 1.34. The zero-order chi connectivity index (χ0) is 10.8. The number of aromatic nitrogens is 2. The molecule has 0 saturated heterocycles. The van der Waals surface area contributed by atoms with Gasteiger partial charge in [0, 0.05) is 0 Å². The van der Waals surface area contributed by atoms with Gasteiger partial charge in [-0.05, 0) is 22.2 Å². The molecule has 0 spiro atoms. The van der Waals surface area contributed by atoms with E-state index in [4.69, 9.17) is 4.74 Å². The first-order chi connectivity index (χ1) is 7.24. The van der Waals surface area contributed by atoms with Crippen LogP contribution in [0.25, 0.3) is 10.9 Å². The van der Waals surface area contributed by atoms with Crippen LogP contribution in [0.15, 0.2) is 24.3 Å². The molecule has 0 aliphatic heterocycles. The Morgan fingerprint density at radius 3 is 2.73 bits per heavy atom. The minimum absolute atomic E-state index is 0.144. The molecule has 0 aliphatic rings. The van der Waals surface area contributed by atoms with Crippen LogP contribution < -0.4 is 4.74 Å². The summed E-state index contributed by atoms with van der Waals surface area (Å²) < 4.78 is 4.98. The fourth-order valence-corrected chi connectivity index (χ4v) is 1.34. The second-order valence-corrected chi connectivity index (χ2v) is 2.83. The normalized spacial score (nSPS) is 10.2. The van der Waals surface area contributed by atoms with Gasteiger partial charge in [-0.3, -0.25) is 0 Å². The molecule has 15 heavy (non-hydrogen) atoms. The Morgan fingerprint density at radius 1 is 1.33 bits per heavy atom. The van der Waals surface area contributed by atoms with Crippen LogP contribution in [0.5, 0.6) is 5.75 Å². The third-order valence-electron chi connectivity index (χ3n) is 1.98. The molecule has 1 aromatic carbocycles. The Morgan fingerprint density at radius 2 is 2.07 bits per heavy atom. The number of hydrogen-bond acceptors (Lipinski definition) is 5. The summed E-state index contributed by atoms with van der Waals surface area (Å²) in [6.45, 7) is 0. The first-order valence-electron chi connectivity index (χ1n) is 4.18. The van der Waals surface area contributed by atoms with E-state index in [1.165, 1.54) is 7.11 Å². The van der Waals surface area contributed by atoms with Gasteiger partial charge in [-0.1, -0.05) is 12.1 Å².